The Morgan fingerprint density at radius 1 is 0.684 bits per heavy atom. The van der Waals surface area contributed by atoms with Gasteiger partial charge in [-0.15, -0.1) is 5.75 Å². The minimum atomic E-state index is -0.200. The summed E-state index contributed by atoms with van der Waals surface area (Å²) in [5.41, 5.74) is 7.79. The number of hydrogen-bond donors (Lipinski definition) is 3. The van der Waals surface area contributed by atoms with Crippen molar-refractivity contribution in [2.45, 2.75) is 24.3 Å². The zero-order chi connectivity index (χ0) is 39.1. The minimum Gasteiger partial charge on any atom is -0.872 e. The third kappa shape index (κ3) is 8.72. The Kier molecular flexibility index (Phi) is 11.3. The number of phenols is 1. The summed E-state index contributed by atoms with van der Waals surface area (Å²) in [6, 6.07) is 46.2. The molecule has 7 aromatic rings. The second-order valence-corrected chi connectivity index (χ2v) is 15.8. The highest BCUT2D eigenvalue weighted by Gasteiger charge is 2.29. The van der Waals surface area contributed by atoms with Crippen LogP contribution >= 0.6 is 23.1 Å². The number of thiazole rings is 1. The van der Waals surface area contributed by atoms with Gasteiger partial charge in [0, 0.05) is 48.1 Å². The molecular formula is C47H40N4O4S2. The monoisotopic (exact) mass is 788 g/mol. The molecule has 57 heavy (non-hydrogen) atoms. The molecule has 8 nitrogen and oxygen atoms in total. The number of carbonyl (C=O) groups is 2. The van der Waals surface area contributed by atoms with Crippen molar-refractivity contribution in [3.63, 3.8) is 0 Å². The fourth-order valence-corrected chi connectivity index (χ4v) is 9.19. The normalized spacial score (nSPS) is 12.8. The molecule has 0 bridgehead atoms. The molecule has 6 aromatic carbocycles. The first-order chi connectivity index (χ1) is 27.9. The van der Waals surface area contributed by atoms with Crippen LogP contribution in [0.4, 0.5) is 5.69 Å². The first-order valence-corrected chi connectivity index (χ1v) is 20.5. The van der Waals surface area contributed by atoms with Gasteiger partial charge in [0.2, 0.25) is 5.52 Å². The summed E-state index contributed by atoms with van der Waals surface area (Å²) >= 11 is 3.49. The molecule has 3 N–H and O–H groups in total. The number of anilines is 1. The third-order valence-corrected chi connectivity index (χ3v) is 12.1. The van der Waals surface area contributed by atoms with E-state index in [4.69, 9.17) is 0 Å². The van der Waals surface area contributed by atoms with Crippen molar-refractivity contribution in [3.05, 3.63) is 167 Å². The van der Waals surface area contributed by atoms with Crippen LogP contribution in [-0.2, 0) is 6.54 Å². The lowest BCUT2D eigenvalue weighted by Gasteiger charge is -2.21. The highest BCUT2D eigenvalue weighted by atomic mass is 32.2. The van der Waals surface area contributed by atoms with Gasteiger partial charge < -0.3 is 25.7 Å². The number of nitrogens with zero attached hydrogens (tertiary/aromatic N) is 2. The van der Waals surface area contributed by atoms with Crippen molar-refractivity contribution < 1.29 is 24.4 Å². The number of aryl methyl sites for hydroxylation is 1. The van der Waals surface area contributed by atoms with Crippen molar-refractivity contribution in [2.24, 2.45) is 0 Å². The van der Waals surface area contributed by atoms with Gasteiger partial charge in [0.05, 0.1) is 16.8 Å². The van der Waals surface area contributed by atoms with Gasteiger partial charge in [-0.1, -0.05) is 120 Å². The lowest BCUT2D eigenvalue weighted by molar-refractivity contribution is -0.668. The molecule has 1 aliphatic heterocycles. The topological polar surface area (TPSA) is 109 Å². The fourth-order valence-electron chi connectivity index (χ4n) is 6.91. The average molecular weight is 789 g/mol. The molecule has 0 unspecified atom stereocenters. The molecule has 0 atom stereocenters. The van der Waals surface area contributed by atoms with Crippen LogP contribution < -0.4 is 25.2 Å². The molecule has 0 spiro atoms. The second kappa shape index (κ2) is 17.2. The largest absolute Gasteiger partial charge is 0.872 e. The van der Waals surface area contributed by atoms with Gasteiger partial charge in [-0.2, -0.15) is 4.57 Å². The molecule has 0 fully saturated rings. The highest BCUT2D eigenvalue weighted by molar-refractivity contribution is 8.03. The fraction of sp³-hybridized carbons (Fsp3) is 0.128. The summed E-state index contributed by atoms with van der Waals surface area (Å²) < 4.78 is 3.53. The second-order valence-electron chi connectivity index (χ2n) is 13.7. The van der Waals surface area contributed by atoms with E-state index in [0.717, 1.165) is 43.5 Å². The third-order valence-electron chi connectivity index (χ3n) is 9.86. The molecule has 0 saturated carbocycles. The molecule has 10 heteroatoms. The number of rotatable bonds is 13. The number of thioether (sulfide) groups is 1. The van der Waals surface area contributed by atoms with Crippen molar-refractivity contribution in [1.29, 1.82) is 0 Å². The van der Waals surface area contributed by atoms with E-state index in [0.29, 0.717) is 50.1 Å². The SMILES string of the molecule is O=C(NCCCN1/C(=C/c2sc3ccc(-c4ccccc4)cc3[n+]2CCCNC(=O)c2ccc(O)cc2)Sc2ccc(-c3ccccc3)cc21)c1ccc([O-])cc1. The molecule has 284 valence electrons. The van der Waals surface area contributed by atoms with E-state index in [1.807, 2.05) is 12.1 Å². The van der Waals surface area contributed by atoms with Crippen LogP contribution in [0.5, 0.6) is 11.5 Å². The smallest absolute Gasteiger partial charge is 0.265 e. The van der Waals surface area contributed by atoms with Crippen LogP contribution in [-0.4, -0.2) is 36.6 Å². The number of nitrogens with one attached hydrogen (secondary N) is 2. The van der Waals surface area contributed by atoms with Gasteiger partial charge in [-0.3, -0.25) is 9.59 Å². The van der Waals surface area contributed by atoms with Crippen LogP contribution in [0.1, 0.15) is 38.6 Å². The van der Waals surface area contributed by atoms with Gasteiger partial charge in [-0.05, 0) is 71.1 Å². The molecule has 0 aliphatic carbocycles. The number of hydrogen-bond acceptors (Lipinski definition) is 7. The van der Waals surface area contributed by atoms with Crippen molar-refractivity contribution >= 4 is 56.9 Å². The van der Waals surface area contributed by atoms with E-state index >= 15 is 0 Å². The maximum atomic E-state index is 12.9. The lowest BCUT2D eigenvalue weighted by Crippen LogP contribution is -2.37. The number of aromatic nitrogens is 1. The molecular weight excluding hydrogens is 749 g/mol. The van der Waals surface area contributed by atoms with Crippen LogP contribution in [0.3, 0.4) is 0 Å². The number of aromatic hydroxyl groups is 1. The maximum absolute atomic E-state index is 12.9. The Morgan fingerprint density at radius 2 is 1.28 bits per heavy atom. The average Bonchev–Trinajstić information content (AvgIpc) is 3.77. The summed E-state index contributed by atoms with van der Waals surface area (Å²) in [6.07, 6.45) is 3.69. The van der Waals surface area contributed by atoms with Crippen LogP contribution in [0.2, 0.25) is 0 Å². The summed E-state index contributed by atoms with van der Waals surface area (Å²) in [5, 5.41) is 29.5. The number of phenolic OH excluding ortho intramolecular Hbond substituents is 1. The molecule has 1 aromatic heterocycles. The zero-order valence-corrected chi connectivity index (χ0v) is 32.7. The molecule has 2 amide bonds. The summed E-state index contributed by atoms with van der Waals surface area (Å²) in [7, 11) is 0. The highest BCUT2D eigenvalue weighted by Crippen LogP contribution is 2.48. The Morgan fingerprint density at radius 3 is 1.95 bits per heavy atom. The minimum absolute atomic E-state index is 0.123. The van der Waals surface area contributed by atoms with Crippen LogP contribution in [0, 0.1) is 0 Å². The predicted molar refractivity (Wildman–Crippen MR) is 228 cm³/mol. The molecule has 0 saturated heterocycles. The summed E-state index contributed by atoms with van der Waals surface area (Å²) in [5.74, 6) is -0.377. The first-order valence-electron chi connectivity index (χ1n) is 18.9. The molecule has 8 rings (SSSR count). The summed E-state index contributed by atoms with van der Waals surface area (Å²) in [4.78, 5) is 29.2. The van der Waals surface area contributed by atoms with Gasteiger partial charge >= 0.3 is 0 Å². The first kappa shape index (κ1) is 37.6. The van der Waals surface area contributed by atoms with E-state index in [1.54, 1.807) is 47.4 Å². The Hall–Kier alpha value is -6.36. The molecule has 0 radical (unpaired) electrons. The van der Waals surface area contributed by atoms with Crippen molar-refractivity contribution in [1.82, 2.24) is 10.6 Å². The van der Waals surface area contributed by atoms with E-state index in [1.165, 1.54) is 33.9 Å². The Balaban J connectivity index is 1.09. The van der Waals surface area contributed by atoms with Crippen LogP contribution in [0.25, 0.3) is 38.5 Å². The predicted octanol–water partition coefficient (Wildman–Crippen LogP) is 8.85. The summed E-state index contributed by atoms with van der Waals surface area (Å²) in [6.45, 7) is 2.32. The molecule has 2 heterocycles. The van der Waals surface area contributed by atoms with Crippen molar-refractivity contribution in [2.75, 3.05) is 24.5 Å². The Bertz CT molecular complexity index is 2560. The van der Waals surface area contributed by atoms with E-state index in [2.05, 4.69) is 111 Å². The standard InChI is InChI=1S/C47H40N4O4S2/c52-38-19-13-34(14-20-38)46(54)48-25-7-27-50-40-29-36(32-9-3-1-4-10-32)17-23-42(40)56-44(50)31-45-51(28-8-26-49-47(55)35-15-21-39(53)22-16-35)41-30-37(18-24-43(41)57-45)33-11-5-2-6-12-33/h1-6,9-24,29-31H,7-8,25-28H2,(H3-,48,49,52,53,54,55). The van der Waals surface area contributed by atoms with Gasteiger partial charge in [0.1, 0.15) is 10.4 Å². The molecule has 1 aliphatic rings. The Labute approximate surface area is 339 Å². The van der Waals surface area contributed by atoms with E-state index in [9.17, 15) is 19.8 Å². The lowest BCUT2D eigenvalue weighted by atomic mass is 10.0. The van der Waals surface area contributed by atoms with Crippen molar-refractivity contribution in [3.8, 4) is 33.8 Å². The number of carbonyl (C=O) groups excluding carboxylic acids is 2. The number of fused-ring (bicyclic) bond motifs is 2. The number of benzene rings is 6. The van der Waals surface area contributed by atoms with Gasteiger partial charge in [0.15, 0.2) is 6.54 Å². The van der Waals surface area contributed by atoms with E-state index < -0.39 is 0 Å². The van der Waals surface area contributed by atoms with E-state index in [-0.39, 0.29) is 23.3 Å². The maximum Gasteiger partial charge on any atom is 0.265 e. The van der Waals surface area contributed by atoms with Crippen LogP contribution in [0.15, 0.2) is 156 Å². The zero-order valence-electron chi connectivity index (χ0n) is 31.1. The van der Waals surface area contributed by atoms with Gasteiger partial charge in [-0.25, -0.2) is 0 Å². The number of amides is 2. The van der Waals surface area contributed by atoms with Gasteiger partial charge in [0.25, 0.3) is 16.8 Å². The quantitative estimate of drug-likeness (QED) is 0.0797.